The van der Waals surface area contributed by atoms with E-state index in [-0.39, 0.29) is 5.82 Å². The Kier molecular flexibility index (Phi) is 4.03. The van der Waals surface area contributed by atoms with Crippen molar-refractivity contribution in [1.82, 2.24) is 0 Å². The first kappa shape index (κ1) is 11.1. The van der Waals surface area contributed by atoms with E-state index < -0.39 is 0 Å². The van der Waals surface area contributed by atoms with Crippen molar-refractivity contribution in [2.45, 2.75) is 20.3 Å². The molecule has 0 spiro atoms. The summed E-state index contributed by atoms with van der Waals surface area (Å²) in [6.07, 6.45) is 0.762. The molecule has 0 aliphatic rings. The highest BCUT2D eigenvalue weighted by atomic mass is 32.1. The first-order valence-corrected chi connectivity index (χ1v) is 5.15. The van der Waals surface area contributed by atoms with Crippen molar-refractivity contribution in [2.24, 2.45) is 0 Å². The molecular weight excluding hydrogens is 195 g/mol. The van der Waals surface area contributed by atoms with Gasteiger partial charge < -0.3 is 0 Å². The highest BCUT2D eigenvalue weighted by Gasteiger charge is 2.01. The topological polar surface area (TPSA) is 0 Å². The van der Waals surface area contributed by atoms with Gasteiger partial charge in [-0.15, -0.1) is 0 Å². The fraction of sp³-hybridized carbons (Fsp3) is 0.333. The first-order chi connectivity index (χ1) is 6.65. The largest absolute Gasteiger partial charge is 0.206 e. The summed E-state index contributed by atoms with van der Waals surface area (Å²) in [6.45, 7) is 3.51. The fourth-order valence-corrected chi connectivity index (χ4v) is 1.35. The standard InChI is InChI=1S/C12H13FS/c1-9-7-11(5-3-4-6-14)8-10(2)12(9)13/h7-8,14H,4,6H2,1-2H3. The quantitative estimate of drug-likeness (QED) is 0.532. The Labute approximate surface area is 89.9 Å². The van der Waals surface area contributed by atoms with Crippen LogP contribution >= 0.6 is 12.6 Å². The maximum absolute atomic E-state index is 13.2. The lowest BCUT2D eigenvalue weighted by molar-refractivity contribution is 0.609. The number of halogens is 1. The second-order valence-electron chi connectivity index (χ2n) is 3.20. The molecule has 0 saturated carbocycles. The molecule has 0 saturated heterocycles. The summed E-state index contributed by atoms with van der Waals surface area (Å²) in [7, 11) is 0. The van der Waals surface area contributed by atoms with Crippen molar-refractivity contribution in [2.75, 3.05) is 5.75 Å². The van der Waals surface area contributed by atoms with Gasteiger partial charge in [0.05, 0.1) is 0 Å². The second-order valence-corrected chi connectivity index (χ2v) is 3.65. The Bertz CT molecular complexity index is 362. The van der Waals surface area contributed by atoms with Crippen molar-refractivity contribution in [1.29, 1.82) is 0 Å². The smallest absolute Gasteiger partial charge is 0.129 e. The predicted octanol–water partition coefficient (Wildman–Crippen LogP) is 3.11. The van der Waals surface area contributed by atoms with Gasteiger partial charge in [0.15, 0.2) is 0 Å². The van der Waals surface area contributed by atoms with Crippen LogP contribution in [0.25, 0.3) is 0 Å². The third-order valence-electron chi connectivity index (χ3n) is 1.91. The van der Waals surface area contributed by atoms with Crippen molar-refractivity contribution in [3.8, 4) is 11.8 Å². The maximum Gasteiger partial charge on any atom is 0.129 e. The van der Waals surface area contributed by atoms with E-state index in [1.165, 1.54) is 0 Å². The van der Waals surface area contributed by atoms with Gasteiger partial charge in [-0.05, 0) is 37.1 Å². The van der Waals surface area contributed by atoms with Gasteiger partial charge >= 0.3 is 0 Å². The van der Waals surface area contributed by atoms with Crippen LogP contribution in [0.4, 0.5) is 4.39 Å². The van der Waals surface area contributed by atoms with E-state index in [0.29, 0.717) is 11.1 Å². The minimum absolute atomic E-state index is 0.134. The zero-order valence-corrected chi connectivity index (χ0v) is 9.29. The molecule has 2 heteroatoms. The molecule has 74 valence electrons. The summed E-state index contributed by atoms with van der Waals surface area (Å²) in [5.74, 6) is 6.59. The van der Waals surface area contributed by atoms with Crippen LogP contribution in [-0.2, 0) is 0 Å². The first-order valence-electron chi connectivity index (χ1n) is 4.51. The molecule has 0 radical (unpaired) electrons. The Balaban J connectivity index is 2.97. The van der Waals surface area contributed by atoms with Gasteiger partial charge in [0, 0.05) is 17.7 Å². The predicted molar refractivity (Wildman–Crippen MR) is 61.2 cm³/mol. The van der Waals surface area contributed by atoms with Gasteiger partial charge in [0.25, 0.3) is 0 Å². The lowest BCUT2D eigenvalue weighted by Crippen LogP contribution is -1.89. The molecule has 0 heterocycles. The van der Waals surface area contributed by atoms with Crippen LogP contribution in [0, 0.1) is 31.5 Å². The average Bonchev–Trinajstić information content (AvgIpc) is 2.14. The number of hydrogen-bond acceptors (Lipinski definition) is 1. The Morgan fingerprint density at radius 2 is 1.86 bits per heavy atom. The molecule has 1 aromatic carbocycles. The summed E-state index contributed by atoms with van der Waals surface area (Å²) in [5.41, 5.74) is 2.18. The van der Waals surface area contributed by atoms with Crippen LogP contribution in [0.5, 0.6) is 0 Å². The highest BCUT2D eigenvalue weighted by Crippen LogP contribution is 2.13. The van der Waals surface area contributed by atoms with E-state index in [2.05, 4.69) is 24.5 Å². The summed E-state index contributed by atoms with van der Waals surface area (Å²) in [4.78, 5) is 0. The molecule has 0 fully saturated rings. The molecule has 1 aromatic rings. The van der Waals surface area contributed by atoms with Crippen LogP contribution in [0.2, 0.25) is 0 Å². The monoisotopic (exact) mass is 208 g/mol. The molecular formula is C12H13FS. The van der Waals surface area contributed by atoms with Gasteiger partial charge in [0.2, 0.25) is 0 Å². The van der Waals surface area contributed by atoms with Gasteiger partial charge in [-0.25, -0.2) is 4.39 Å². The Morgan fingerprint density at radius 3 is 2.36 bits per heavy atom. The van der Waals surface area contributed by atoms with Crippen LogP contribution in [0.3, 0.4) is 0 Å². The SMILES string of the molecule is Cc1cc(C#CCCS)cc(C)c1F. The molecule has 0 bridgehead atoms. The average molecular weight is 208 g/mol. The minimum atomic E-state index is -0.134. The molecule has 14 heavy (non-hydrogen) atoms. The van der Waals surface area contributed by atoms with E-state index in [4.69, 9.17) is 0 Å². The number of thiol groups is 1. The zero-order valence-electron chi connectivity index (χ0n) is 8.39. The number of benzene rings is 1. The van der Waals surface area contributed by atoms with Gasteiger partial charge in [-0.3, -0.25) is 0 Å². The Hall–Kier alpha value is -0.940. The third-order valence-corrected chi connectivity index (χ3v) is 2.13. The third kappa shape index (κ3) is 2.78. The summed E-state index contributed by atoms with van der Waals surface area (Å²) < 4.78 is 13.2. The van der Waals surface area contributed by atoms with Crippen molar-refractivity contribution >= 4 is 12.6 Å². The van der Waals surface area contributed by atoms with Gasteiger partial charge in [-0.2, -0.15) is 12.6 Å². The summed E-state index contributed by atoms with van der Waals surface area (Å²) >= 11 is 4.06. The van der Waals surface area contributed by atoms with E-state index in [1.807, 2.05) is 0 Å². The maximum atomic E-state index is 13.2. The molecule has 0 aromatic heterocycles. The number of aryl methyl sites for hydroxylation is 2. The van der Waals surface area contributed by atoms with Crippen LogP contribution in [-0.4, -0.2) is 5.75 Å². The highest BCUT2D eigenvalue weighted by molar-refractivity contribution is 7.80. The van der Waals surface area contributed by atoms with Crippen LogP contribution in [0.1, 0.15) is 23.1 Å². The molecule has 0 unspecified atom stereocenters. The lowest BCUT2D eigenvalue weighted by atomic mass is 10.1. The molecule has 1 rings (SSSR count). The lowest BCUT2D eigenvalue weighted by Gasteiger charge is -2.01. The van der Waals surface area contributed by atoms with Crippen LogP contribution < -0.4 is 0 Å². The summed E-state index contributed by atoms with van der Waals surface area (Å²) in [5, 5.41) is 0. The number of rotatable bonds is 1. The van der Waals surface area contributed by atoms with Crippen molar-refractivity contribution in [3.63, 3.8) is 0 Å². The van der Waals surface area contributed by atoms with Gasteiger partial charge in [0.1, 0.15) is 5.82 Å². The Morgan fingerprint density at radius 1 is 1.29 bits per heavy atom. The van der Waals surface area contributed by atoms with E-state index in [0.717, 1.165) is 17.7 Å². The molecule has 0 nitrogen and oxygen atoms in total. The zero-order chi connectivity index (χ0) is 10.6. The van der Waals surface area contributed by atoms with Crippen LogP contribution in [0.15, 0.2) is 12.1 Å². The molecule has 0 aliphatic heterocycles. The van der Waals surface area contributed by atoms with E-state index in [1.54, 1.807) is 26.0 Å². The molecule has 0 aliphatic carbocycles. The van der Waals surface area contributed by atoms with Crippen molar-refractivity contribution in [3.05, 3.63) is 34.6 Å². The molecule has 0 N–H and O–H groups in total. The normalized spacial score (nSPS) is 9.43. The second kappa shape index (κ2) is 5.07. The molecule has 0 amide bonds. The van der Waals surface area contributed by atoms with Crippen molar-refractivity contribution < 1.29 is 4.39 Å². The van der Waals surface area contributed by atoms with Gasteiger partial charge in [-0.1, -0.05) is 11.8 Å². The van der Waals surface area contributed by atoms with E-state index in [9.17, 15) is 4.39 Å². The fourth-order valence-electron chi connectivity index (χ4n) is 1.24. The molecule has 0 atom stereocenters. The summed E-state index contributed by atoms with van der Waals surface area (Å²) in [6, 6.07) is 3.54. The number of hydrogen-bond donors (Lipinski definition) is 1. The minimum Gasteiger partial charge on any atom is -0.206 e. The van der Waals surface area contributed by atoms with E-state index >= 15 is 0 Å².